The standard InChI is InChI=1S/C17H16Cl2N2OS/c1-21-16(12-5-8-14(18)15(19)9-12)17(20)23-10-11-3-6-13(22-2)7-4-11/h3-9H,1,10,20H2,2H3/b17-16-. The van der Waals surface area contributed by atoms with Gasteiger partial charge in [0.25, 0.3) is 0 Å². The summed E-state index contributed by atoms with van der Waals surface area (Å²) in [6.07, 6.45) is 0. The van der Waals surface area contributed by atoms with Gasteiger partial charge in [0, 0.05) is 11.3 Å². The van der Waals surface area contributed by atoms with Crippen LogP contribution in [0.5, 0.6) is 5.75 Å². The van der Waals surface area contributed by atoms with Crippen LogP contribution in [0.15, 0.2) is 52.5 Å². The van der Waals surface area contributed by atoms with Crippen molar-refractivity contribution in [3.63, 3.8) is 0 Å². The van der Waals surface area contributed by atoms with Crippen LogP contribution < -0.4 is 10.5 Å². The lowest BCUT2D eigenvalue weighted by atomic mass is 10.2. The third-order valence-electron chi connectivity index (χ3n) is 3.14. The minimum absolute atomic E-state index is 0.457. The lowest BCUT2D eigenvalue weighted by Gasteiger charge is -2.09. The van der Waals surface area contributed by atoms with Gasteiger partial charge in [-0.15, -0.1) is 11.8 Å². The molecule has 0 saturated carbocycles. The summed E-state index contributed by atoms with van der Waals surface area (Å²) in [5, 5.41) is 1.52. The number of halogens is 2. The Bertz CT molecular complexity index is 730. The fourth-order valence-electron chi connectivity index (χ4n) is 1.91. The van der Waals surface area contributed by atoms with Crippen molar-refractivity contribution < 1.29 is 4.74 Å². The number of nitrogens with zero attached hydrogens (tertiary/aromatic N) is 1. The third kappa shape index (κ3) is 4.67. The molecule has 2 aromatic carbocycles. The second kappa shape index (κ2) is 8.29. The highest BCUT2D eigenvalue weighted by Gasteiger charge is 2.09. The van der Waals surface area contributed by atoms with Gasteiger partial charge in [-0.3, -0.25) is 4.99 Å². The van der Waals surface area contributed by atoms with E-state index in [-0.39, 0.29) is 0 Å². The number of thioether (sulfide) groups is 1. The smallest absolute Gasteiger partial charge is 0.118 e. The van der Waals surface area contributed by atoms with Crippen molar-refractivity contribution in [2.24, 2.45) is 10.7 Å². The van der Waals surface area contributed by atoms with Gasteiger partial charge >= 0.3 is 0 Å². The topological polar surface area (TPSA) is 47.6 Å². The Labute approximate surface area is 150 Å². The number of aliphatic imine (C=N–C) groups is 1. The van der Waals surface area contributed by atoms with Crippen molar-refractivity contribution in [2.75, 3.05) is 7.11 Å². The average molecular weight is 367 g/mol. The summed E-state index contributed by atoms with van der Waals surface area (Å²) in [5.74, 6) is 1.54. The molecule has 0 spiro atoms. The maximum absolute atomic E-state index is 6.16. The molecule has 2 aromatic rings. The molecule has 0 heterocycles. The minimum atomic E-state index is 0.457. The largest absolute Gasteiger partial charge is 0.497 e. The number of ether oxygens (including phenoxy) is 1. The molecule has 0 aliphatic heterocycles. The lowest BCUT2D eigenvalue weighted by Crippen LogP contribution is -1.98. The van der Waals surface area contributed by atoms with Gasteiger partial charge in [-0.05, 0) is 36.5 Å². The predicted octanol–water partition coefficient (Wildman–Crippen LogP) is 5.22. The molecule has 0 bridgehead atoms. The number of nitrogens with two attached hydrogens (primary N) is 1. The van der Waals surface area contributed by atoms with Crippen molar-refractivity contribution in [2.45, 2.75) is 5.75 Å². The number of methoxy groups -OCH3 is 1. The first kappa shape index (κ1) is 17.7. The van der Waals surface area contributed by atoms with E-state index in [1.165, 1.54) is 11.8 Å². The fourth-order valence-corrected chi connectivity index (χ4v) is 3.04. The molecule has 2 N–H and O–H groups in total. The highest BCUT2D eigenvalue weighted by Crippen LogP contribution is 2.31. The lowest BCUT2D eigenvalue weighted by molar-refractivity contribution is 0.414. The van der Waals surface area contributed by atoms with Crippen LogP contribution >= 0.6 is 35.0 Å². The van der Waals surface area contributed by atoms with Crippen LogP contribution in [0, 0.1) is 0 Å². The molecule has 23 heavy (non-hydrogen) atoms. The van der Waals surface area contributed by atoms with E-state index in [4.69, 9.17) is 33.7 Å². The molecule has 0 radical (unpaired) electrons. The third-order valence-corrected chi connectivity index (χ3v) is 4.86. The molecule has 0 fully saturated rings. The molecule has 0 atom stereocenters. The Morgan fingerprint density at radius 3 is 2.43 bits per heavy atom. The van der Waals surface area contributed by atoms with E-state index < -0.39 is 0 Å². The first-order chi connectivity index (χ1) is 11.0. The molecule has 0 unspecified atom stereocenters. The molecule has 0 aliphatic rings. The van der Waals surface area contributed by atoms with Crippen molar-refractivity contribution in [3.05, 3.63) is 68.7 Å². The zero-order valence-corrected chi connectivity index (χ0v) is 14.9. The van der Waals surface area contributed by atoms with Gasteiger partial charge in [0.1, 0.15) is 5.75 Å². The highest BCUT2D eigenvalue weighted by molar-refractivity contribution is 8.02. The normalized spacial score (nSPS) is 11.8. The van der Waals surface area contributed by atoms with E-state index in [0.717, 1.165) is 22.6 Å². The maximum atomic E-state index is 6.16. The summed E-state index contributed by atoms with van der Waals surface area (Å²) < 4.78 is 5.14. The van der Waals surface area contributed by atoms with E-state index in [1.54, 1.807) is 19.2 Å². The van der Waals surface area contributed by atoms with Gasteiger partial charge in [0.15, 0.2) is 0 Å². The van der Waals surface area contributed by atoms with E-state index in [0.29, 0.717) is 20.8 Å². The Balaban J connectivity index is 2.16. The van der Waals surface area contributed by atoms with Gasteiger partial charge in [-0.2, -0.15) is 0 Å². The number of benzene rings is 2. The van der Waals surface area contributed by atoms with Crippen LogP contribution in [0.1, 0.15) is 11.1 Å². The highest BCUT2D eigenvalue weighted by atomic mass is 35.5. The monoisotopic (exact) mass is 366 g/mol. The molecular weight excluding hydrogens is 351 g/mol. The van der Waals surface area contributed by atoms with Gasteiger partial charge in [0.05, 0.1) is 27.9 Å². The van der Waals surface area contributed by atoms with Crippen LogP contribution in [-0.2, 0) is 5.75 Å². The fraction of sp³-hybridized carbons (Fsp3) is 0.118. The Morgan fingerprint density at radius 1 is 1.17 bits per heavy atom. The molecule has 0 aliphatic carbocycles. The summed E-state index contributed by atoms with van der Waals surface area (Å²) in [4.78, 5) is 4.03. The van der Waals surface area contributed by atoms with E-state index in [1.807, 2.05) is 30.3 Å². The van der Waals surface area contributed by atoms with Crippen LogP contribution in [-0.4, -0.2) is 13.8 Å². The molecule has 0 aromatic heterocycles. The first-order valence-corrected chi connectivity index (χ1v) is 8.47. The summed E-state index contributed by atoms with van der Waals surface area (Å²) in [7, 11) is 1.64. The number of hydrogen-bond donors (Lipinski definition) is 1. The molecule has 0 amide bonds. The van der Waals surface area contributed by atoms with Crippen LogP contribution in [0.2, 0.25) is 10.0 Å². The van der Waals surface area contributed by atoms with Gasteiger partial charge in [0.2, 0.25) is 0 Å². The molecule has 6 heteroatoms. The summed E-state index contributed by atoms with van der Waals surface area (Å²) in [6, 6.07) is 13.1. The first-order valence-electron chi connectivity index (χ1n) is 6.72. The SMILES string of the molecule is C=N/C(=C(/N)SCc1ccc(OC)cc1)c1ccc(Cl)c(Cl)c1. The average Bonchev–Trinajstić information content (AvgIpc) is 2.57. The van der Waals surface area contributed by atoms with Gasteiger partial charge in [-0.1, -0.05) is 41.4 Å². The van der Waals surface area contributed by atoms with Crippen LogP contribution in [0.3, 0.4) is 0 Å². The van der Waals surface area contributed by atoms with Gasteiger partial charge in [-0.25, -0.2) is 0 Å². The van der Waals surface area contributed by atoms with Crippen LogP contribution in [0.4, 0.5) is 0 Å². The zero-order chi connectivity index (χ0) is 16.8. The molecule has 3 nitrogen and oxygen atoms in total. The second-order valence-corrected chi connectivity index (χ2v) is 6.47. The molecular formula is C17H16Cl2N2OS. The van der Waals surface area contributed by atoms with Crippen LogP contribution in [0.25, 0.3) is 5.70 Å². The summed E-state index contributed by atoms with van der Waals surface area (Å²) >= 11 is 13.5. The zero-order valence-electron chi connectivity index (χ0n) is 12.6. The minimum Gasteiger partial charge on any atom is -0.497 e. The Kier molecular flexibility index (Phi) is 6.39. The van der Waals surface area contributed by atoms with Crippen molar-refractivity contribution in [1.82, 2.24) is 0 Å². The molecule has 120 valence electrons. The van der Waals surface area contributed by atoms with Crippen molar-refractivity contribution in [1.29, 1.82) is 0 Å². The summed E-state index contributed by atoms with van der Waals surface area (Å²) in [5.41, 5.74) is 8.68. The van der Waals surface area contributed by atoms with E-state index in [9.17, 15) is 0 Å². The Hall–Kier alpha value is -1.62. The van der Waals surface area contributed by atoms with Gasteiger partial charge < -0.3 is 10.5 Å². The Morgan fingerprint density at radius 2 is 1.87 bits per heavy atom. The van der Waals surface area contributed by atoms with Crippen molar-refractivity contribution in [3.8, 4) is 5.75 Å². The quantitative estimate of drug-likeness (QED) is 0.712. The second-order valence-electron chi connectivity index (χ2n) is 4.64. The van der Waals surface area contributed by atoms with E-state index in [2.05, 4.69) is 11.7 Å². The van der Waals surface area contributed by atoms with E-state index >= 15 is 0 Å². The number of hydrogen-bond acceptors (Lipinski definition) is 4. The molecule has 2 rings (SSSR count). The molecule has 0 saturated heterocycles. The predicted molar refractivity (Wildman–Crippen MR) is 101 cm³/mol. The number of rotatable bonds is 6. The summed E-state index contributed by atoms with van der Waals surface area (Å²) in [6.45, 7) is 3.59. The maximum Gasteiger partial charge on any atom is 0.118 e. The van der Waals surface area contributed by atoms with Crippen molar-refractivity contribution >= 4 is 47.4 Å².